The van der Waals surface area contributed by atoms with Crippen molar-refractivity contribution in [3.8, 4) is 0 Å². The van der Waals surface area contributed by atoms with Crippen molar-refractivity contribution in [3.63, 3.8) is 0 Å². The molecule has 1 saturated carbocycles. The van der Waals surface area contributed by atoms with Crippen molar-refractivity contribution < 1.29 is 4.79 Å². The highest BCUT2D eigenvalue weighted by Crippen LogP contribution is 2.51. The topological polar surface area (TPSA) is 41.5 Å². The molecule has 28 heavy (non-hydrogen) atoms. The number of benzene rings is 1. The third-order valence-corrected chi connectivity index (χ3v) is 6.90. The fourth-order valence-electron chi connectivity index (χ4n) is 4.89. The molecule has 3 aliphatic rings. The van der Waals surface area contributed by atoms with Crippen molar-refractivity contribution >= 4 is 47.0 Å². The highest BCUT2D eigenvalue weighted by Gasteiger charge is 2.46. The fraction of sp³-hybridized carbons (Fsp3) is 0.364. The fourth-order valence-corrected chi connectivity index (χ4v) is 5.59. The van der Waals surface area contributed by atoms with Crippen LogP contribution >= 0.6 is 34.8 Å². The lowest BCUT2D eigenvalue weighted by molar-refractivity contribution is -0.108. The van der Waals surface area contributed by atoms with Gasteiger partial charge in [0.05, 0.1) is 0 Å². The first-order valence-corrected chi connectivity index (χ1v) is 10.6. The normalized spacial score (nSPS) is 29.3. The second-order valence-electron chi connectivity index (χ2n) is 7.52. The van der Waals surface area contributed by atoms with E-state index in [0.717, 1.165) is 42.1 Å². The number of aliphatic imine (C=N–C) groups is 1. The molecule has 6 heteroatoms. The average Bonchev–Trinajstić information content (AvgIpc) is 2.95. The van der Waals surface area contributed by atoms with E-state index in [1.807, 2.05) is 24.3 Å². The number of carbonyl (C=O) groups excluding carboxylic acids is 1. The number of hydrogen-bond donors (Lipinski definition) is 1. The molecule has 1 aromatic carbocycles. The Morgan fingerprint density at radius 2 is 1.93 bits per heavy atom. The van der Waals surface area contributed by atoms with Crippen LogP contribution in [0.25, 0.3) is 0 Å². The van der Waals surface area contributed by atoms with E-state index in [2.05, 4.69) is 28.5 Å². The molecule has 0 radical (unpaired) electrons. The summed E-state index contributed by atoms with van der Waals surface area (Å²) in [6.45, 7) is 0.704. The van der Waals surface area contributed by atoms with Gasteiger partial charge in [-0.05, 0) is 59.9 Å². The number of hydrogen-bond acceptors (Lipinski definition) is 2. The van der Waals surface area contributed by atoms with Crippen LogP contribution in [0.3, 0.4) is 0 Å². The van der Waals surface area contributed by atoms with Crippen molar-refractivity contribution in [1.29, 1.82) is 0 Å². The number of rotatable bonds is 3. The number of nitrogens with one attached hydrogen (secondary N) is 1. The lowest BCUT2D eigenvalue weighted by Gasteiger charge is -2.41. The SMILES string of the molecule is O=CNC1=NCC2C1CCC(c1ccc(Cl)cc1Cl)C2C1=CC=C(Cl)CC=C1. The minimum atomic E-state index is 0.238. The highest BCUT2D eigenvalue weighted by molar-refractivity contribution is 6.35. The van der Waals surface area contributed by atoms with Crippen LogP contribution in [0, 0.1) is 17.8 Å². The highest BCUT2D eigenvalue weighted by atomic mass is 35.5. The standard InChI is InChI=1S/C22H21Cl3N2O/c23-14-3-1-2-13(4-5-14)21-17(16-7-6-15(24)10-20(16)25)8-9-18-19(21)11-26-22(18)27-12-28/h1-2,4-7,10,12,17-19,21H,3,8-9,11H2,(H,26,27,28). The van der Waals surface area contributed by atoms with Crippen LogP contribution in [-0.4, -0.2) is 18.8 Å². The monoisotopic (exact) mass is 434 g/mol. The molecule has 1 aliphatic heterocycles. The maximum atomic E-state index is 11.0. The lowest BCUT2D eigenvalue weighted by Crippen LogP contribution is -2.39. The van der Waals surface area contributed by atoms with Gasteiger partial charge in [-0.2, -0.15) is 0 Å². The molecular weight excluding hydrogens is 415 g/mol. The number of amidine groups is 1. The van der Waals surface area contributed by atoms with Gasteiger partial charge in [-0.15, -0.1) is 0 Å². The Hall–Kier alpha value is -1.55. The molecule has 1 heterocycles. The minimum absolute atomic E-state index is 0.238. The van der Waals surface area contributed by atoms with E-state index in [0.29, 0.717) is 22.5 Å². The molecule has 4 unspecified atom stereocenters. The van der Waals surface area contributed by atoms with Gasteiger partial charge in [0.2, 0.25) is 6.41 Å². The number of halogens is 3. The zero-order valence-corrected chi connectivity index (χ0v) is 17.5. The Morgan fingerprint density at radius 3 is 2.71 bits per heavy atom. The summed E-state index contributed by atoms with van der Waals surface area (Å²) in [5.41, 5.74) is 2.36. The molecule has 0 saturated heterocycles. The molecular formula is C22H21Cl3N2O. The summed E-state index contributed by atoms with van der Waals surface area (Å²) >= 11 is 19.0. The molecule has 0 spiro atoms. The number of fused-ring (bicyclic) bond motifs is 1. The van der Waals surface area contributed by atoms with Crippen LogP contribution in [-0.2, 0) is 4.79 Å². The van der Waals surface area contributed by atoms with Gasteiger partial charge in [0.15, 0.2) is 0 Å². The number of allylic oxidation sites excluding steroid dienone is 6. The second-order valence-corrected chi connectivity index (χ2v) is 8.85. The van der Waals surface area contributed by atoms with E-state index in [1.165, 1.54) is 5.57 Å². The molecule has 1 aromatic rings. The predicted molar refractivity (Wildman–Crippen MR) is 116 cm³/mol. The van der Waals surface area contributed by atoms with Gasteiger partial charge < -0.3 is 5.32 Å². The molecule has 2 aliphatic carbocycles. The summed E-state index contributed by atoms with van der Waals surface area (Å²) in [4.78, 5) is 15.6. The Kier molecular flexibility index (Phi) is 5.96. The first kappa shape index (κ1) is 19.8. The van der Waals surface area contributed by atoms with Gasteiger partial charge in [0, 0.05) is 34.0 Å². The molecule has 1 fully saturated rings. The minimum Gasteiger partial charge on any atom is -0.317 e. The van der Waals surface area contributed by atoms with Crippen LogP contribution < -0.4 is 5.32 Å². The van der Waals surface area contributed by atoms with E-state index < -0.39 is 0 Å². The maximum absolute atomic E-state index is 11.0. The van der Waals surface area contributed by atoms with Crippen LogP contribution in [0.4, 0.5) is 0 Å². The van der Waals surface area contributed by atoms with E-state index in [9.17, 15) is 4.79 Å². The van der Waals surface area contributed by atoms with Gasteiger partial charge in [0.25, 0.3) is 0 Å². The van der Waals surface area contributed by atoms with E-state index in [4.69, 9.17) is 34.8 Å². The van der Waals surface area contributed by atoms with E-state index in [1.54, 1.807) is 0 Å². The van der Waals surface area contributed by atoms with Crippen molar-refractivity contribution in [3.05, 3.63) is 68.7 Å². The molecule has 4 atom stereocenters. The Morgan fingerprint density at radius 1 is 1.11 bits per heavy atom. The first-order valence-electron chi connectivity index (χ1n) is 9.50. The van der Waals surface area contributed by atoms with Crippen molar-refractivity contribution in [2.24, 2.45) is 22.7 Å². The predicted octanol–water partition coefficient (Wildman–Crippen LogP) is 5.89. The Balaban J connectivity index is 1.75. The van der Waals surface area contributed by atoms with Gasteiger partial charge in [-0.3, -0.25) is 9.79 Å². The summed E-state index contributed by atoms with van der Waals surface area (Å²) in [5.74, 6) is 1.89. The zero-order chi connectivity index (χ0) is 19.7. The van der Waals surface area contributed by atoms with Crippen molar-refractivity contribution in [2.45, 2.75) is 25.2 Å². The van der Waals surface area contributed by atoms with Crippen LogP contribution in [0.2, 0.25) is 10.0 Å². The summed E-state index contributed by atoms with van der Waals surface area (Å²) in [6, 6.07) is 5.78. The Labute approximate surface area is 180 Å². The number of amides is 1. The van der Waals surface area contributed by atoms with Gasteiger partial charge >= 0.3 is 0 Å². The molecule has 3 nitrogen and oxygen atoms in total. The Bertz CT molecular complexity index is 903. The van der Waals surface area contributed by atoms with Crippen LogP contribution in [0.15, 0.2) is 58.1 Å². The van der Waals surface area contributed by atoms with Gasteiger partial charge in [-0.25, -0.2) is 0 Å². The third-order valence-electron chi connectivity index (χ3n) is 6.06. The molecule has 0 aromatic heterocycles. The van der Waals surface area contributed by atoms with E-state index >= 15 is 0 Å². The zero-order valence-electron chi connectivity index (χ0n) is 15.2. The summed E-state index contributed by atoms with van der Waals surface area (Å²) in [5, 5.41) is 4.99. The van der Waals surface area contributed by atoms with Crippen LogP contribution in [0.1, 0.15) is 30.7 Å². The lowest BCUT2D eigenvalue weighted by atomic mass is 9.62. The van der Waals surface area contributed by atoms with Gasteiger partial charge in [-0.1, -0.05) is 59.1 Å². The van der Waals surface area contributed by atoms with Crippen molar-refractivity contribution in [2.75, 3.05) is 6.54 Å². The maximum Gasteiger partial charge on any atom is 0.212 e. The molecule has 0 bridgehead atoms. The summed E-state index contributed by atoms with van der Waals surface area (Å²) in [6.07, 6.45) is 11.8. The van der Waals surface area contributed by atoms with Crippen LogP contribution in [0.5, 0.6) is 0 Å². The third kappa shape index (κ3) is 3.80. The van der Waals surface area contributed by atoms with E-state index in [-0.39, 0.29) is 17.8 Å². The molecule has 4 rings (SSSR count). The molecule has 1 N–H and O–H groups in total. The first-order chi connectivity index (χ1) is 13.6. The number of nitrogens with zero attached hydrogens (tertiary/aromatic N) is 1. The number of carbonyl (C=O) groups is 1. The molecule has 1 amide bonds. The largest absolute Gasteiger partial charge is 0.317 e. The van der Waals surface area contributed by atoms with Crippen molar-refractivity contribution in [1.82, 2.24) is 5.32 Å². The molecule has 146 valence electrons. The quantitative estimate of drug-likeness (QED) is 0.591. The second kappa shape index (κ2) is 8.44. The smallest absolute Gasteiger partial charge is 0.212 e. The average molecular weight is 436 g/mol. The summed E-state index contributed by atoms with van der Waals surface area (Å²) < 4.78 is 0. The van der Waals surface area contributed by atoms with Gasteiger partial charge in [0.1, 0.15) is 5.84 Å². The summed E-state index contributed by atoms with van der Waals surface area (Å²) in [7, 11) is 0.